The highest BCUT2D eigenvalue weighted by Gasteiger charge is 2.45. The lowest BCUT2D eigenvalue weighted by Crippen LogP contribution is -2.46. The first-order chi connectivity index (χ1) is 16.7. The Kier molecular flexibility index (Phi) is 5.55. The second-order valence-electron chi connectivity index (χ2n) is 8.75. The molecule has 1 aliphatic rings. The van der Waals surface area contributed by atoms with Crippen molar-refractivity contribution >= 4 is 28.4 Å². The van der Waals surface area contributed by atoms with Crippen LogP contribution in [0.4, 0.5) is 14.5 Å². The van der Waals surface area contributed by atoms with Crippen molar-refractivity contribution in [2.24, 2.45) is 0 Å². The summed E-state index contributed by atoms with van der Waals surface area (Å²) in [7, 11) is 0. The lowest BCUT2D eigenvalue weighted by atomic mass is 9.99. The monoisotopic (exact) mass is 475 g/mol. The summed E-state index contributed by atoms with van der Waals surface area (Å²) in [5, 5.41) is 7.66. The minimum atomic E-state index is -3.55. The van der Waals surface area contributed by atoms with Crippen molar-refractivity contribution in [2.45, 2.75) is 38.3 Å². The van der Waals surface area contributed by atoms with E-state index >= 15 is 0 Å². The lowest BCUT2D eigenvalue weighted by molar-refractivity contribution is -0.143. The number of carbonyl (C=O) groups excluding carboxylic acids is 2. The predicted molar refractivity (Wildman–Crippen MR) is 127 cm³/mol. The van der Waals surface area contributed by atoms with Crippen LogP contribution in [-0.4, -0.2) is 38.5 Å². The van der Waals surface area contributed by atoms with Gasteiger partial charge < -0.3 is 10.2 Å². The van der Waals surface area contributed by atoms with Gasteiger partial charge in [0.05, 0.1) is 35.7 Å². The minimum Gasteiger partial charge on any atom is -0.345 e. The van der Waals surface area contributed by atoms with Crippen molar-refractivity contribution in [3.63, 3.8) is 0 Å². The van der Waals surface area contributed by atoms with Crippen molar-refractivity contribution in [3.8, 4) is 5.69 Å². The second-order valence-corrected chi connectivity index (χ2v) is 8.75. The van der Waals surface area contributed by atoms with Gasteiger partial charge in [-0.15, -0.1) is 0 Å². The quantitative estimate of drug-likeness (QED) is 0.466. The number of aromatic nitrogens is 3. The number of pyridine rings is 1. The molecule has 35 heavy (non-hydrogen) atoms. The average Bonchev–Trinajstić information content (AvgIpc) is 3.39. The molecule has 3 heterocycles. The van der Waals surface area contributed by atoms with Crippen molar-refractivity contribution in [3.05, 3.63) is 84.3 Å². The summed E-state index contributed by atoms with van der Waals surface area (Å²) in [6.45, 7) is 2.45. The smallest absolute Gasteiger partial charge is 0.321 e. The van der Waals surface area contributed by atoms with E-state index in [0.29, 0.717) is 12.6 Å². The summed E-state index contributed by atoms with van der Waals surface area (Å²) in [6, 6.07) is 17.0. The molecule has 2 amide bonds. The highest BCUT2D eigenvalue weighted by Crippen LogP contribution is 2.39. The van der Waals surface area contributed by atoms with Crippen molar-refractivity contribution in [1.82, 2.24) is 20.1 Å². The number of hydrogen-bond donors (Lipinski definition) is 1. The Morgan fingerprint density at radius 2 is 1.80 bits per heavy atom. The van der Waals surface area contributed by atoms with Gasteiger partial charge in [0.2, 0.25) is 5.91 Å². The number of alkyl halides is 2. The molecule has 0 spiro atoms. The number of hydrogen-bond acceptors (Lipinski definition) is 4. The third-order valence-electron chi connectivity index (χ3n) is 6.15. The number of carbonyl (C=O) groups is 2. The molecule has 4 aromatic rings. The molecule has 1 fully saturated rings. The zero-order valence-corrected chi connectivity index (χ0v) is 19.2. The van der Waals surface area contributed by atoms with Crippen LogP contribution in [0.3, 0.4) is 0 Å². The number of nitrogens with zero attached hydrogens (tertiary/aromatic N) is 4. The molecule has 9 heteroatoms. The van der Waals surface area contributed by atoms with E-state index in [2.05, 4.69) is 15.4 Å². The van der Waals surface area contributed by atoms with Gasteiger partial charge in [-0.1, -0.05) is 30.3 Å². The molecule has 2 aromatic carbocycles. The summed E-state index contributed by atoms with van der Waals surface area (Å²) in [5.41, 5.74) is 3.87. The van der Waals surface area contributed by atoms with Gasteiger partial charge in [-0.05, 0) is 42.8 Å². The third kappa shape index (κ3) is 4.25. The highest BCUT2D eigenvalue weighted by atomic mass is 19.3. The largest absolute Gasteiger partial charge is 0.345 e. The molecule has 178 valence electrons. The summed E-state index contributed by atoms with van der Waals surface area (Å²) in [6.07, 6.45) is 3.35. The van der Waals surface area contributed by atoms with Gasteiger partial charge >= 0.3 is 5.92 Å². The number of rotatable bonds is 5. The Morgan fingerprint density at radius 3 is 2.49 bits per heavy atom. The molecule has 0 bridgehead atoms. The lowest BCUT2D eigenvalue weighted by Gasteiger charge is -2.29. The Hall–Kier alpha value is -4.14. The van der Waals surface area contributed by atoms with Crippen molar-refractivity contribution in [1.29, 1.82) is 0 Å². The number of anilines is 1. The second kappa shape index (κ2) is 8.57. The van der Waals surface area contributed by atoms with Crippen LogP contribution >= 0.6 is 0 Å². The van der Waals surface area contributed by atoms with Crippen LogP contribution < -0.4 is 10.2 Å². The third-order valence-corrected chi connectivity index (χ3v) is 6.15. The normalized spacial score (nSPS) is 18.3. The maximum Gasteiger partial charge on any atom is 0.321 e. The molecule has 1 N–H and O–H groups in total. The number of amides is 2. The standard InChI is InChI=1S/C26H23F2N5O2/c1-16-8-9-20(15-29-16)33-22-11-10-19(12-18(22)14-30-33)32-23(34)13-21(31-25(35)26(2,27)28)24(32)17-6-4-3-5-7-17/h3-12,14-15,21,24H,13H2,1-2H3,(H,31,35). The van der Waals surface area contributed by atoms with E-state index < -0.39 is 23.9 Å². The Balaban J connectivity index is 1.53. The van der Waals surface area contributed by atoms with Crippen LogP contribution in [-0.2, 0) is 9.59 Å². The van der Waals surface area contributed by atoms with E-state index in [1.54, 1.807) is 28.0 Å². The molecule has 0 radical (unpaired) electrons. The first-order valence-corrected chi connectivity index (χ1v) is 11.2. The number of aryl methyl sites for hydroxylation is 1. The summed E-state index contributed by atoms with van der Waals surface area (Å²) in [5.74, 6) is -5.21. The van der Waals surface area contributed by atoms with E-state index in [1.807, 2.05) is 61.5 Å². The molecule has 1 aliphatic heterocycles. The molecule has 2 unspecified atom stereocenters. The van der Waals surface area contributed by atoms with E-state index in [-0.39, 0.29) is 12.3 Å². The van der Waals surface area contributed by atoms with E-state index in [0.717, 1.165) is 27.8 Å². The first-order valence-electron chi connectivity index (χ1n) is 11.2. The van der Waals surface area contributed by atoms with Crippen LogP contribution in [0, 0.1) is 6.92 Å². The van der Waals surface area contributed by atoms with Gasteiger partial charge in [-0.2, -0.15) is 13.9 Å². The van der Waals surface area contributed by atoms with Crippen LogP contribution in [0.15, 0.2) is 73.1 Å². The predicted octanol–water partition coefficient (Wildman–Crippen LogP) is 4.35. The Bertz CT molecular complexity index is 1400. The zero-order valence-electron chi connectivity index (χ0n) is 19.2. The van der Waals surface area contributed by atoms with Gasteiger partial charge in [0, 0.05) is 30.1 Å². The molecule has 5 rings (SSSR count). The van der Waals surface area contributed by atoms with Crippen molar-refractivity contribution in [2.75, 3.05) is 4.90 Å². The molecule has 0 aliphatic carbocycles. The maximum absolute atomic E-state index is 13.6. The molecular formula is C26H23F2N5O2. The number of benzene rings is 2. The highest BCUT2D eigenvalue weighted by molar-refractivity contribution is 6.00. The molecule has 2 atom stereocenters. The number of halogens is 2. The molecule has 7 nitrogen and oxygen atoms in total. The molecule has 1 saturated heterocycles. The van der Waals surface area contributed by atoms with Gasteiger partial charge in [0.15, 0.2) is 0 Å². The van der Waals surface area contributed by atoms with E-state index in [1.165, 1.54) is 0 Å². The van der Waals surface area contributed by atoms with Crippen LogP contribution in [0.25, 0.3) is 16.6 Å². The van der Waals surface area contributed by atoms with Crippen LogP contribution in [0.2, 0.25) is 0 Å². The Labute approximate surface area is 200 Å². The van der Waals surface area contributed by atoms with E-state index in [4.69, 9.17) is 0 Å². The zero-order chi connectivity index (χ0) is 24.7. The minimum absolute atomic E-state index is 0.0896. The fourth-order valence-electron chi connectivity index (χ4n) is 4.46. The SMILES string of the molecule is Cc1ccc(-n2ncc3cc(N4C(=O)CC(NC(=O)C(C)(F)F)C4c4ccccc4)ccc32)cn1. The molecule has 2 aromatic heterocycles. The molecular weight excluding hydrogens is 452 g/mol. The first kappa shape index (κ1) is 22.6. The fourth-order valence-corrected chi connectivity index (χ4v) is 4.46. The summed E-state index contributed by atoms with van der Waals surface area (Å²) in [4.78, 5) is 31.1. The van der Waals surface area contributed by atoms with E-state index in [9.17, 15) is 18.4 Å². The van der Waals surface area contributed by atoms with Gasteiger partial charge in [-0.25, -0.2) is 4.68 Å². The number of fused-ring (bicyclic) bond motifs is 1. The van der Waals surface area contributed by atoms with Crippen molar-refractivity contribution < 1.29 is 18.4 Å². The fraction of sp³-hybridized carbons (Fsp3) is 0.231. The summed E-state index contributed by atoms with van der Waals surface area (Å²) >= 11 is 0. The topological polar surface area (TPSA) is 80.1 Å². The maximum atomic E-state index is 13.6. The van der Waals surface area contributed by atoms with Crippen LogP contribution in [0.5, 0.6) is 0 Å². The van der Waals surface area contributed by atoms with Gasteiger partial charge in [-0.3, -0.25) is 14.6 Å². The average molecular weight is 475 g/mol. The summed E-state index contributed by atoms with van der Waals surface area (Å²) < 4.78 is 29.0. The molecule has 0 saturated carbocycles. The van der Waals surface area contributed by atoms with Gasteiger partial charge in [0.25, 0.3) is 5.91 Å². The number of nitrogens with one attached hydrogen (secondary N) is 1. The van der Waals surface area contributed by atoms with Crippen LogP contribution in [0.1, 0.15) is 30.6 Å². The van der Waals surface area contributed by atoms with Gasteiger partial charge in [0.1, 0.15) is 0 Å². The Morgan fingerprint density at radius 1 is 1.06 bits per heavy atom.